The Morgan fingerprint density at radius 3 is 2.48 bits per heavy atom. The van der Waals surface area contributed by atoms with E-state index in [1.54, 1.807) is 0 Å². The van der Waals surface area contributed by atoms with Crippen molar-refractivity contribution in [2.45, 2.75) is 68.5 Å². The van der Waals surface area contributed by atoms with Crippen LogP contribution >= 0.6 is 0 Å². The molecule has 2 heterocycles. The maximum absolute atomic E-state index is 13.1. The maximum atomic E-state index is 13.1. The van der Waals surface area contributed by atoms with Crippen LogP contribution in [0.3, 0.4) is 0 Å². The minimum absolute atomic E-state index is 0.0872. The van der Waals surface area contributed by atoms with Crippen molar-refractivity contribution < 1.29 is 15.0 Å². The third kappa shape index (κ3) is 1.89. The van der Waals surface area contributed by atoms with Gasteiger partial charge in [0.2, 0.25) is 0 Å². The van der Waals surface area contributed by atoms with Crippen LogP contribution in [-0.4, -0.2) is 62.9 Å². The second-order valence-electron chi connectivity index (χ2n) is 9.09. The van der Waals surface area contributed by atoms with Gasteiger partial charge in [-0.1, -0.05) is 0 Å². The molecule has 2 saturated heterocycles. The first-order chi connectivity index (χ1) is 11.0. The molecule has 4 bridgehead atoms. The minimum Gasteiger partial charge on any atom is -0.394 e. The van der Waals surface area contributed by atoms with E-state index in [1.807, 2.05) is 4.90 Å². The minimum atomic E-state index is -0.447. The Morgan fingerprint density at radius 1 is 1.13 bits per heavy atom. The molecule has 128 valence electrons. The van der Waals surface area contributed by atoms with E-state index in [1.165, 1.54) is 12.8 Å². The number of rotatable bonds is 2. The van der Waals surface area contributed by atoms with Gasteiger partial charge in [0.25, 0.3) is 0 Å². The first kappa shape index (κ1) is 14.5. The van der Waals surface area contributed by atoms with Crippen LogP contribution < -0.4 is 0 Å². The fourth-order valence-electron chi connectivity index (χ4n) is 7.01. The number of hydrogen-bond donors (Lipinski definition) is 2. The largest absolute Gasteiger partial charge is 0.394 e. The lowest BCUT2D eigenvalue weighted by atomic mass is 9.52. The molecule has 2 aliphatic heterocycles. The number of carbonyl (C=O) groups excluding carboxylic acids is 1. The first-order valence-corrected chi connectivity index (χ1v) is 9.45. The molecule has 3 unspecified atom stereocenters. The second-order valence-corrected chi connectivity index (χ2v) is 9.09. The predicted molar refractivity (Wildman–Crippen MR) is 84.8 cm³/mol. The van der Waals surface area contributed by atoms with Gasteiger partial charge >= 0.3 is 6.03 Å². The highest BCUT2D eigenvalue weighted by Crippen LogP contribution is 2.57. The summed E-state index contributed by atoms with van der Waals surface area (Å²) in [7, 11) is 0. The number of aliphatic hydroxyl groups excluding tert-OH is 1. The number of urea groups is 1. The Labute approximate surface area is 137 Å². The molecule has 0 spiro atoms. The predicted octanol–water partition coefficient (Wildman–Crippen LogP) is 1.58. The van der Waals surface area contributed by atoms with Gasteiger partial charge in [0.15, 0.2) is 0 Å². The molecule has 0 aromatic heterocycles. The number of carbonyl (C=O) groups is 1. The summed E-state index contributed by atoms with van der Waals surface area (Å²) in [5.74, 6) is 1.60. The lowest BCUT2D eigenvalue weighted by molar-refractivity contribution is -0.153. The lowest BCUT2D eigenvalue weighted by Gasteiger charge is -2.59. The van der Waals surface area contributed by atoms with E-state index in [9.17, 15) is 15.0 Å². The average Bonchev–Trinajstić information content (AvgIpc) is 2.80. The van der Waals surface area contributed by atoms with Gasteiger partial charge in [-0.05, 0) is 69.1 Å². The van der Waals surface area contributed by atoms with Gasteiger partial charge < -0.3 is 20.0 Å². The van der Waals surface area contributed by atoms with E-state index in [4.69, 9.17) is 0 Å². The number of piperidine rings is 1. The van der Waals surface area contributed by atoms with E-state index in [0.717, 1.165) is 45.1 Å². The molecule has 6 rings (SSSR count). The van der Waals surface area contributed by atoms with E-state index >= 15 is 0 Å². The molecule has 5 nitrogen and oxygen atoms in total. The number of amides is 2. The van der Waals surface area contributed by atoms with Crippen molar-refractivity contribution in [3.63, 3.8) is 0 Å². The van der Waals surface area contributed by atoms with E-state index in [2.05, 4.69) is 4.90 Å². The van der Waals surface area contributed by atoms with Crippen LogP contribution in [0.25, 0.3) is 0 Å². The van der Waals surface area contributed by atoms with Crippen LogP contribution in [0.5, 0.6) is 0 Å². The summed E-state index contributed by atoms with van der Waals surface area (Å²) in [4.78, 5) is 17.2. The SMILES string of the molecule is O=C1N(C2C3CC4CC2CC(O)(C4)C3)CC2(CO)CCCCN12. The lowest BCUT2D eigenvalue weighted by Crippen LogP contribution is -2.62. The summed E-state index contributed by atoms with van der Waals surface area (Å²) in [5.41, 5.74) is -0.779. The van der Waals surface area contributed by atoms with Gasteiger partial charge in [-0.25, -0.2) is 4.79 Å². The summed E-state index contributed by atoms with van der Waals surface area (Å²) in [6.45, 7) is 1.58. The molecule has 4 aliphatic carbocycles. The number of aliphatic hydroxyl groups is 2. The highest BCUT2D eigenvalue weighted by atomic mass is 16.3. The summed E-state index contributed by atoms with van der Waals surface area (Å²) in [6.07, 6.45) is 8.19. The van der Waals surface area contributed by atoms with E-state index < -0.39 is 5.60 Å². The van der Waals surface area contributed by atoms with Crippen LogP contribution in [0.15, 0.2) is 0 Å². The highest BCUT2D eigenvalue weighted by Gasteiger charge is 2.60. The first-order valence-electron chi connectivity index (χ1n) is 9.45. The Balaban J connectivity index is 1.45. The zero-order valence-electron chi connectivity index (χ0n) is 13.8. The maximum Gasteiger partial charge on any atom is 0.320 e. The van der Waals surface area contributed by atoms with Crippen molar-refractivity contribution in [3.8, 4) is 0 Å². The molecule has 2 amide bonds. The van der Waals surface area contributed by atoms with E-state index in [-0.39, 0.29) is 18.2 Å². The normalized spacial score (nSPS) is 51.5. The zero-order chi connectivity index (χ0) is 15.8. The van der Waals surface area contributed by atoms with Gasteiger partial charge in [-0.3, -0.25) is 0 Å². The average molecular weight is 320 g/mol. The quantitative estimate of drug-likeness (QED) is 0.812. The number of nitrogens with zero attached hydrogens (tertiary/aromatic N) is 2. The van der Waals surface area contributed by atoms with Crippen LogP contribution in [-0.2, 0) is 0 Å². The Morgan fingerprint density at radius 2 is 1.87 bits per heavy atom. The summed E-state index contributed by atoms with van der Waals surface area (Å²) in [5, 5.41) is 20.8. The fourth-order valence-corrected chi connectivity index (χ4v) is 7.01. The van der Waals surface area contributed by atoms with Crippen LogP contribution in [0, 0.1) is 17.8 Å². The zero-order valence-corrected chi connectivity index (χ0v) is 13.8. The molecule has 0 aromatic rings. The van der Waals surface area contributed by atoms with Gasteiger partial charge in [-0.2, -0.15) is 0 Å². The Kier molecular flexibility index (Phi) is 2.92. The fraction of sp³-hybridized carbons (Fsp3) is 0.944. The van der Waals surface area contributed by atoms with Gasteiger partial charge in [0, 0.05) is 19.1 Å². The molecule has 2 N–H and O–H groups in total. The van der Waals surface area contributed by atoms with Crippen molar-refractivity contribution in [1.82, 2.24) is 9.80 Å². The third-order valence-electron chi connectivity index (χ3n) is 7.63. The number of hydrogen-bond acceptors (Lipinski definition) is 3. The second kappa shape index (κ2) is 4.63. The van der Waals surface area contributed by atoms with Crippen LogP contribution in [0.4, 0.5) is 4.79 Å². The molecular weight excluding hydrogens is 292 g/mol. The summed E-state index contributed by atoms with van der Waals surface area (Å²) in [6, 6.07) is 0.455. The Hall–Kier alpha value is -0.810. The summed E-state index contributed by atoms with van der Waals surface area (Å²) < 4.78 is 0. The summed E-state index contributed by atoms with van der Waals surface area (Å²) >= 11 is 0. The molecule has 0 aromatic carbocycles. The van der Waals surface area contributed by atoms with Crippen molar-refractivity contribution in [2.24, 2.45) is 17.8 Å². The topological polar surface area (TPSA) is 64.0 Å². The highest BCUT2D eigenvalue weighted by molar-refractivity contribution is 5.79. The molecule has 6 aliphatic rings. The molecule has 0 radical (unpaired) electrons. The monoisotopic (exact) mass is 320 g/mol. The van der Waals surface area contributed by atoms with Gasteiger partial charge in [0.05, 0.1) is 17.7 Å². The number of fused-ring (bicyclic) bond motifs is 1. The third-order valence-corrected chi connectivity index (χ3v) is 7.63. The molecule has 5 heteroatoms. The van der Waals surface area contributed by atoms with Crippen molar-refractivity contribution in [2.75, 3.05) is 19.7 Å². The van der Waals surface area contributed by atoms with Crippen molar-refractivity contribution in [3.05, 3.63) is 0 Å². The standard InChI is InChI=1S/C18H28N2O3/c21-11-17-3-1-2-4-20(17)16(22)19(10-17)15-13-5-12-6-14(15)9-18(23,7-12)8-13/h12-15,21,23H,1-11H2. The molecular formula is C18H28N2O3. The molecule has 23 heavy (non-hydrogen) atoms. The molecule has 3 atom stereocenters. The smallest absolute Gasteiger partial charge is 0.320 e. The van der Waals surface area contributed by atoms with Crippen molar-refractivity contribution in [1.29, 1.82) is 0 Å². The van der Waals surface area contributed by atoms with Gasteiger partial charge in [0.1, 0.15) is 0 Å². The molecule has 6 fully saturated rings. The van der Waals surface area contributed by atoms with Crippen LogP contribution in [0.1, 0.15) is 51.4 Å². The van der Waals surface area contributed by atoms with E-state index in [0.29, 0.717) is 30.3 Å². The van der Waals surface area contributed by atoms with Gasteiger partial charge in [-0.15, -0.1) is 0 Å². The Bertz CT molecular complexity index is 522. The molecule has 4 saturated carbocycles. The van der Waals surface area contributed by atoms with Crippen LogP contribution in [0.2, 0.25) is 0 Å². The van der Waals surface area contributed by atoms with Crippen molar-refractivity contribution >= 4 is 6.03 Å².